The zero-order valence-corrected chi connectivity index (χ0v) is 17.7. The molecule has 1 unspecified atom stereocenters. The summed E-state index contributed by atoms with van der Waals surface area (Å²) in [6.45, 7) is 4.51. The molecule has 1 radical (unpaired) electrons. The summed E-state index contributed by atoms with van der Waals surface area (Å²) >= 11 is 0. The van der Waals surface area contributed by atoms with E-state index in [1.165, 1.54) is 51.4 Å². The van der Waals surface area contributed by atoms with Crippen molar-refractivity contribution in [3.05, 3.63) is 0 Å². The van der Waals surface area contributed by atoms with Gasteiger partial charge in [-0.25, -0.2) is 4.18 Å². The van der Waals surface area contributed by atoms with Crippen molar-refractivity contribution in [2.75, 3.05) is 6.61 Å². The summed E-state index contributed by atoms with van der Waals surface area (Å²) in [7, 11) is -4.30. The zero-order valence-electron chi connectivity index (χ0n) is 14.8. The Kier molecular flexibility index (Phi) is 19.1. The first-order chi connectivity index (χ1) is 9.99. The Hall–Kier alpha value is 0.870. The minimum Gasteiger partial charge on any atom is -0.264 e. The Morgan fingerprint density at radius 3 is 1.68 bits per heavy atom. The second-order valence-corrected chi connectivity index (χ2v) is 7.08. The first-order valence-electron chi connectivity index (χ1n) is 8.61. The van der Waals surface area contributed by atoms with Gasteiger partial charge in [-0.2, -0.15) is 8.42 Å². The Morgan fingerprint density at radius 2 is 1.23 bits per heavy atom. The normalized spacial score (nSPS) is 12.9. The van der Waals surface area contributed by atoms with E-state index in [2.05, 4.69) is 18.0 Å². The Morgan fingerprint density at radius 1 is 0.818 bits per heavy atom. The van der Waals surface area contributed by atoms with Crippen LogP contribution in [-0.4, -0.2) is 49.1 Å². The van der Waals surface area contributed by atoms with Crippen LogP contribution in [0.1, 0.15) is 90.9 Å². The first kappa shape index (κ1) is 25.1. The van der Waals surface area contributed by atoms with Crippen molar-refractivity contribution in [2.24, 2.45) is 5.92 Å². The van der Waals surface area contributed by atoms with Gasteiger partial charge in [0.05, 0.1) is 6.61 Å². The molecule has 6 heteroatoms. The van der Waals surface area contributed by atoms with Crippen LogP contribution in [-0.2, 0) is 14.6 Å². The topological polar surface area (TPSA) is 63.6 Å². The maximum Gasteiger partial charge on any atom is 0.397 e. The summed E-state index contributed by atoms with van der Waals surface area (Å²) < 4.78 is 34.7. The minimum atomic E-state index is -4.30. The van der Waals surface area contributed by atoms with Crippen LogP contribution < -0.4 is 0 Å². The van der Waals surface area contributed by atoms with Crippen molar-refractivity contribution in [1.29, 1.82) is 0 Å². The van der Waals surface area contributed by atoms with Crippen molar-refractivity contribution in [1.82, 2.24) is 0 Å². The minimum absolute atomic E-state index is 0. The monoisotopic (exact) mass is 345 g/mol. The predicted molar refractivity (Wildman–Crippen MR) is 93.5 cm³/mol. The van der Waals surface area contributed by atoms with Crippen molar-refractivity contribution < 1.29 is 17.2 Å². The molecular formula is C16H34NaO4S. The smallest absolute Gasteiger partial charge is 0.264 e. The van der Waals surface area contributed by atoms with E-state index >= 15 is 0 Å². The Bertz CT molecular complexity index is 320. The van der Waals surface area contributed by atoms with Crippen LogP contribution in [0.2, 0.25) is 0 Å². The van der Waals surface area contributed by atoms with Crippen molar-refractivity contribution in [2.45, 2.75) is 90.9 Å². The molecule has 0 heterocycles. The fourth-order valence-corrected chi connectivity index (χ4v) is 2.93. The average molecular weight is 346 g/mol. The molecular weight excluding hydrogens is 311 g/mol. The quantitative estimate of drug-likeness (QED) is 0.264. The van der Waals surface area contributed by atoms with E-state index in [0.717, 1.165) is 25.7 Å². The molecule has 0 saturated heterocycles. The van der Waals surface area contributed by atoms with Crippen LogP contribution in [0.15, 0.2) is 0 Å². The molecule has 0 fully saturated rings. The second-order valence-electron chi connectivity index (χ2n) is 5.98. The molecule has 0 aliphatic rings. The van der Waals surface area contributed by atoms with Gasteiger partial charge < -0.3 is 0 Å². The molecule has 129 valence electrons. The van der Waals surface area contributed by atoms with Gasteiger partial charge in [-0.1, -0.05) is 78.1 Å². The molecule has 0 spiro atoms. The molecule has 0 aromatic heterocycles. The summed E-state index contributed by atoms with van der Waals surface area (Å²) in [5.74, 6) is 0.245. The second kappa shape index (κ2) is 16.7. The molecule has 0 amide bonds. The van der Waals surface area contributed by atoms with Crippen LogP contribution in [0.4, 0.5) is 0 Å². The van der Waals surface area contributed by atoms with E-state index in [0.29, 0.717) is 0 Å². The van der Waals surface area contributed by atoms with Gasteiger partial charge in [0.1, 0.15) is 0 Å². The number of hydrogen-bond acceptors (Lipinski definition) is 3. The number of rotatable bonds is 15. The molecule has 0 saturated carbocycles. The summed E-state index contributed by atoms with van der Waals surface area (Å²) in [6, 6.07) is 0. The summed E-state index contributed by atoms with van der Waals surface area (Å²) in [5.41, 5.74) is 0. The SMILES string of the molecule is CCCCCCCCC(CCCCCC)COS(=O)(=O)O.[Na]. The van der Waals surface area contributed by atoms with Gasteiger partial charge in [0.15, 0.2) is 0 Å². The molecule has 0 bridgehead atoms. The van der Waals surface area contributed by atoms with Crippen LogP contribution in [0.25, 0.3) is 0 Å². The van der Waals surface area contributed by atoms with Gasteiger partial charge in [0.25, 0.3) is 0 Å². The molecule has 0 aromatic rings. The van der Waals surface area contributed by atoms with E-state index in [-0.39, 0.29) is 42.1 Å². The van der Waals surface area contributed by atoms with Gasteiger partial charge in [-0.3, -0.25) is 4.55 Å². The summed E-state index contributed by atoms with van der Waals surface area (Å²) in [4.78, 5) is 0. The van der Waals surface area contributed by atoms with Crippen LogP contribution in [0, 0.1) is 5.92 Å². The first-order valence-corrected chi connectivity index (χ1v) is 9.98. The third kappa shape index (κ3) is 18.9. The molecule has 1 N–H and O–H groups in total. The maximum atomic E-state index is 10.7. The Balaban J connectivity index is 0. The average Bonchev–Trinajstić information content (AvgIpc) is 2.42. The fourth-order valence-electron chi connectivity index (χ4n) is 2.57. The fraction of sp³-hybridized carbons (Fsp3) is 1.00. The molecule has 1 atom stereocenters. The van der Waals surface area contributed by atoms with Gasteiger partial charge in [0.2, 0.25) is 0 Å². The van der Waals surface area contributed by atoms with Gasteiger partial charge in [-0.05, 0) is 18.8 Å². The molecule has 0 aliphatic carbocycles. The van der Waals surface area contributed by atoms with Crippen LogP contribution in [0.3, 0.4) is 0 Å². The van der Waals surface area contributed by atoms with Crippen molar-refractivity contribution in [3.63, 3.8) is 0 Å². The third-order valence-corrected chi connectivity index (χ3v) is 4.32. The van der Waals surface area contributed by atoms with Gasteiger partial charge in [-0.15, -0.1) is 0 Å². The zero-order chi connectivity index (χ0) is 16.0. The van der Waals surface area contributed by atoms with E-state index in [1.807, 2.05) is 0 Å². The molecule has 0 aliphatic heterocycles. The molecule has 4 nitrogen and oxygen atoms in total. The van der Waals surface area contributed by atoms with Crippen LogP contribution >= 0.6 is 0 Å². The van der Waals surface area contributed by atoms with Gasteiger partial charge in [0, 0.05) is 29.6 Å². The molecule has 0 aromatic carbocycles. The molecule has 0 rings (SSSR count). The maximum absolute atomic E-state index is 10.7. The summed E-state index contributed by atoms with van der Waals surface area (Å²) in [5, 5.41) is 0. The van der Waals surface area contributed by atoms with E-state index in [1.54, 1.807) is 0 Å². The van der Waals surface area contributed by atoms with E-state index < -0.39 is 10.4 Å². The molecule has 22 heavy (non-hydrogen) atoms. The largest absolute Gasteiger partial charge is 0.397 e. The predicted octanol–water partition coefficient (Wildman–Crippen LogP) is 4.76. The van der Waals surface area contributed by atoms with Gasteiger partial charge >= 0.3 is 10.4 Å². The summed E-state index contributed by atoms with van der Waals surface area (Å²) in [6.07, 6.45) is 14.1. The number of hydrogen-bond donors (Lipinski definition) is 1. The van der Waals surface area contributed by atoms with E-state index in [4.69, 9.17) is 4.55 Å². The third-order valence-electron chi connectivity index (χ3n) is 3.88. The Labute approximate surface area is 160 Å². The number of unbranched alkanes of at least 4 members (excludes halogenated alkanes) is 8. The van der Waals surface area contributed by atoms with Crippen molar-refractivity contribution >= 4 is 40.0 Å². The van der Waals surface area contributed by atoms with Crippen molar-refractivity contribution in [3.8, 4) is 0 Å². The van der Waals surface area contributed by atoms with Crippen LogP contribution in [0.5, 0.6) is 0 Å². The standard InChI is InChI=1S/C16H34O4S.Na/c1-3-5-7-9-10-12-14-16(13-11-8-6-4-2)15-20-21(17,18)19;/h16H,3-15H2,1-2H3,(H,17,18,19);. The van der Waals surface area contributed by atoms with E-state index in [9.17, 15) is 8.42 Å².